The van der Waals surface area contributed by atoms with Gasteiger partial charge in [0.15, 0.2) is 0 Å². The van der Waals surface area contributed by atoms with E-state index in [1.54, 1.807) is 23.5 Å². The third kappa shape index (κ3) is 3.23. The summed E-state index contributed by atoms with van der Waals surface area (Å²) in [7, 11) is 1.97. The van der Waals surface area contributed by atoms with E-state index in [2.05, 4.69) is 22.0 Å². The smallest absolute Gasteiger partial charge is 0.241 e. The third-order valence-electron chi connectivity index (χ3n) is 3.65. The molecule has 2 aromatic heterocycles. The molecule has 0 N–H and O–H groups in total. The molecule has 0 saturated heterocycles. The average Bonchev–Trinajstić information content (AvgIpc) is 3.18. The van der Waals surface area contributed by atoms with E-state index < -0.39 is 0 Å². The Kier molecular flexibility index (Phi) is 4.31. The Morgan fingerprint density at radius 1 is 1.27 bits per heavy atom. The van der Waals surface area contributed by atoms with Crippen molar-refractivity contribution in [3.05, 3.63) is 58.4 Å². The first-order chi connectivity index (χ1) is 10.6. The Labute approximate surface area is 132 Å². The van der Waals surface area contributed by atoms with Gasteiger partial charge in [0.25, 0.3) is 0 Å². The zero-order valence-electron chi connectivity index (χ0n) is 12.4. The number of benzene rings is 1. The first kappa shape index (κ1) is 14.9. The molecule has 1 aromatic carbocycles. The summed E-state index contributed by atoms with van der Waals surface area (Å²) in [6.45, 7) is 2.60. The van der Waals surface area contributed by atoms with Crippen molar-refractivity contribution in [1.82, 2.24) is 15.0 Å². The van der Waals surface area contributed by atoms with Gasteiger partial charge in [-0.15, -0.1) is 0 Å². The van der Waals surface area contributed by atoms with Crippen molar-refractivity contribution in [3.63, 3.8) is 0 Å². The summed E-state index contributed by atoms with van der Waals surface area (Å²) in [4.78, 5) is 6.49. The highest BCUT2D eigenvalue weighted by molar-refractivity contribution is 7.08. The lowest BCUT2D eigenvalue weighted by Gasteiger charge is -2.23. The van der Waals surface area contributed by atoms with Crippen LogP contribution in [0.25, 0.3) is 11.4 Å². The molecule has 0 saturated carbocycles. The minimum absolute atomic E-state index is 0.122. The first-order valence-electron chi connectivity index (χ1n) is 6.94. The summed E-state index contributed by atoms with van der Waals surface area (Å²) in [6, 6.07) is 8.62. The Morgan fingerprint density at radius 3 is 2.73 bits per heavy atom. The van der Waals surface area contributed by atoms with Crippen molar-refractivity contribution in [2.45, 2.75) is 19.5 Å². The molecule has 0 aliphatic rings. The second-order valence-corrected chi connectivity index (χ2v) is 5.95. The highest BCUT2D eigenvalue weighted by atomic mass is 32.1. The van der Waals surface area contributed by atoms with Gasteiger partial charge in [0.1, 0.15) is 5.82 Å². The Bertz CT molecular complexity index is 724. The molecule has 0 aliphatic heterocycles. The van der Waals surface area contributed by atoms with E-state index in [9.17, 15) is 4.39 Å². The maximum Gasteiger partial charge on any atom is 0.241 e. The van der Waals surface area contributed by atoms with E-state index in [-0.39, 0.29) is 11.9 Å². The van der Waals surface area contributed by atoms with Gasteiger partial charge in [0, 0.05) is 17.0 Å². The number of nitrogens with zero attached hydrogens (tertiary/aromatic N) is 3. The zero-order valence-corrected chi connectivity index (χ0v) is 13.2. The second-order valence-electron chi connectivity index (χ2n) is 5.17. The fourth-order valence-corrected chi connectivity index (χ4v) is 2.81. The van der Waals surface area contributed by atoms with Gasteiger partial charge in [-0.1, -0.05) is 17.3 Å². The van der Waals surface area contributed by atoms with E-state index in [1.807, 2.05) is 23.9 Å². The number of rotatable bonds is 5. The summed E-state index contributed by atoms with van der Waals surface area (Å²) >= 11 is 1.60. The lowest BCUT2D eigenvalue weighted by molar-refractivity contribution is 0.216. The van der Waals surface area contributed by atoms with Gasteiger partial charge in [-0.25, -0.2) is 4.39 Å². The van der Waals surface area contributed by atoms with Crippen LogP contribution in [-0.4, -0.2) is 22.1 Å². The van der Waals surface area contributed by atoms with Crippen molar-refractivity contribution in [2.24, 2.45) is 0 Å². The SMILES string of the molecule is CC(c1ccc(F)cc1)N(C)Cc1nc(-c2ccsc2)no1. The van der Waals surface area contributed by atoms with Crippen molar-refractivity contribution < 1.29 is 8.91 Å². The molecule has 3 aromatic rings. The highest BCUT2D eigenvalue weighted by Gasteiger charge is 2.16. The number of aromatic nitrogens is 2. The summed E-state index contributed by atoms with van der Waals surface area (Å²) in [6.07, 6.45) is 0. The van der Waals surface area contributed by atoms with Gasteiger partial charge < -0.3 is 4.52 Å². The zero-order chi connectivity index (χ0) is 15.5. The number of halogens is 1. The molecule has 0 bridgehead atoms. The fourth-order valence-electron chi connectivity index (χ4n) is 2.17. The van der Waals surface area contributed by atoms with Crippen LogP contribution in [0.2, 0.25) is 0 Å². The Hall–Kier alpha value is -2.05. The lowest BCUT2D eigenvalue weighted by Crippen LogP contribution is -2.22. The van der Waals surface area contributed by atoms with E-state index in [4.69, 9.17) is 4.52 Å². The maximum absolute atomic E-state index is 13.0. The third-order valence-corrected chi connectivity index (χ3v) is 4.33. The molecule has 114 valence electrons. The van der Waals surface area contributed by atoms with E-state index >= 15 is 0 Å². The fraction of sp³-hybridized carbons (Fsp3) is 0.250. The molecule has 6 heteroatoms. The van der Waals surface area contributed by atoms with Gasteiger partial charge in [0.2, 0.25) is 11.7 Å². The molecule has 0 aliphatic carbocycles. The molecule has 0 fully saturated rings. The molecule has 3 rings (SSSR count). The summed E-state index contributed by atoms with van der Waals surface area (Å²) in [5, 5.41) is 7.97. The molecule has 0 spiro atoms. The van der Waals surface area contributed by atoms with Crippen molar-refractivity contribution in [3.8, 4) is 11.4 Å². The quantitative estimate of drug-likeness (QED) is 0.709. The van der Waals surface area contributed by atoms with Crippen LogP contribution in [0.4, 0.5) is 4.39 Å². The normalized spacial score (nSPS) is 12.7. The predicted molar refractivity (Wildman–Crippen MR) is 83.9 cm³/mol. The molecule has 0 radical (unpaired) electrons. The van der Waals surface area contributed by atoms with Crippen LogP contribution in [0.15, 0.2) is 45.6 Å². The molecular formula is C16H16FN3OS. The number of thiophene rings is 1. The second kappa shape index (κ2) is 6.37. The summed E-state index contributed by atoms with van der Waals surface area (Å²) in [5.74, 6) is 0.952. The van der Waals surface area contributed by atoms with E-state index in [1.165, 1.54) is 12.1 Å². The largest absolute Gasteiger partial charge is 0.338 e. The maximum atomic E-state index is 13.0. The predicted octanol–water partition coefficient (Wildman–Crippen LogP) is 4.13. The van der Waals surface area contributed by atoms with Gasteiger partial charge in [-0.2, -0.15) is 16.3 Å². The van der Waals surface area contributed by atoms with E-state index in [0.717, 1.165) is 11.1 Å². The Balaban J connectivity index is 1.68. The molecule has 4 nitrogen and oxygen atoms in total. The van der Waals surface area contributed by atoms with Crippen molar-refractivity contribution in [2.75, 3.05) is 7.05 Å². The van der Waals surface area contributed by atoms with Crippen LogP contribution in [0.3, 0.4) is 0 Å². The first-order valence-corrected chi connectivity index (χ1v) is 7.88. The number of hydrogen-bond donors (Lipinski definition) is 0. The molecule has 22 heavy (non-hydrogen) atoms. The summed E-state index contributed by atoms with van der Waals surface area (Å²) in [5.41, 5.74) is 2.01. The van der Waals surface area contributed by atoms with Crippen LogP contribution in [0.1, 0.15) is 24.4 Å². The van der Waals surface area contributed by atoms with E-state index in [0.29, 0.717) is 18.3 Å². The molecule has 0 amide bonds. The van der Waals surface area contributed by atoms with Gasteiger partial charge in [0.05, 0.1) is 6.54 Å². The van der Waals surface area contributed by atoms with Crippen LogP contribution in [0, 0.1) is 5.82 Å². The lowest BCUT2D eigenvalue weighted by atomic mass is 10.1. The van der Waals surface area contributed by atoms with Crippen molar-refractivity contribution in [1.29, 1.82) is 0 Å². The van der Waals surface area contributed by atoms with Crippen molar-refractivity contribution >= 4 is 11.3 Å². The highest BCUT2D eigenvalue weighted by Crippen LogP contribution is 2.22. The molecule has 1 atom stereocenters. The van der Waals surface area contributed by atoms with Crippen LogP contribution in [-0.2, 0) is 6.54 Å². The number of hydrogen-bond acceptors (Lipinski definition) is 5. The van der Waals surface area contributed by atoms with Crippen LogP contribution >= 0.6 is 11.3 Å². The minimum atomic E-state index is -0.226. The topological polar surface area (TPSA) is 42.2 Å². The van der Waals surface area contributed by atoms with Crippen LogP contribution in [0.5, 0.6) is 0 Å². The van der Waals surface area contributed by atoms with Gasteiger partial charge in [-0.3, -0.25) is 4.90 Å². The molecule has 1 unspecified atom stereocenters. The van der Waals surface area contributed by atoms with Gasteiger partial charge >= 0.3 is 0 Å². The summed E-state index contributed by atoms with van der Waals surface area (Å²) < 4.78 is 18.3. The van der Waals surface area contributed by atoms with Crippen LogP contribution < -0.4 is 0 Å². The molecular weight excluding hydrogens is 301 g/mol. The average molecular weight is 317 g/mol. The van der Waals surface area contributed by atoms with Gasteiger partial charge in [-0.05, 0) is 43.1 Å². The molecule has 2 heterocycles. The Morgan fingerprint density at radius 2 is 2.05 bits per heavy atom. The minimum Gasteiger partial charge on any atom is -0.338 e. The monoisotopic (exact) mass is 317 g/mol. The standard InChI is InChI=1S/C16H16FN3OS/c1-11(12-3-5-14(17)6-4-12)20(2)9-15-18-16(19-21-15)13-7-8-22-10-13/h3-8,10-11H,9H2,1-2H3.